The minimum absolute atomic E-state index is 0.181. The monoisotopic (exact) mass is 234 g/mol. The number of aryl methyl sites for hydroxylation is 1. The summed E-state index contributed by atoms with van der Waals surface area (Å²) in [6.07, 6.45) is 7.64. The third-order valence-corrected chi connectivity index (χ3v) is 4.12. The summed E-state index contributed by atoms with van der Waals surface area (Å²) in [6.45, 7) is 7.40. The van der Waals surface area contributed by atoms with Crippen LogP contribution in [0.15, 0.2) is 12.4 Å². The van der Waals surface area contributed by atoms with Crippen molar-refractivity contribution in [3.05, 3.63) is 18.2 Å². The molecule has 0 N–H and O–H groups in total. The van der Waals surface area contributed by atoms with Crippen LogP contribution < -0.4 is 0 Å². The first-order chi connectivity index (χ1) is 8.04. The number of hydrogen-bond acceptors (Lipinski definition) is 2. The van der Waals surface area contributed by atoms with Gasteiger partial charge >= 0.3 is 0 Å². The van der Waals surface area contributed by atoms with E-state index in [1.165, 1.54) is 12.8 Å². The van der Waals surface area contributed by atoms with E-state index in [4.69, 9.17) is 0 Å². The fourth-order valence-electron chi connectivity index (χ4n) is 3.00. The van der Waals surface area contributed by atoms with E-state index in [-0.39, 0.29) is 11.3 Å². The lowest BCUT2D eigenvalue weighted by Gasteiger charge is -2.25. The summed E-state index contributed by atoms with van der Waals surface area (Å²) < 4.78 is 2.06. The number of carbonyl (C=O) groups is 1. The minimum atomic E-state index is 0.181. The summed E-state index contributed by atoms with van der Waals surface area (Å²) in [7, 11) is 0. The summed E-state index contributed by atoms with van der Waals surface area (Å²) >= 11 is 0. The Balaban J connectivity index is 2.07. The molecule has 94 valence electrons. The Morgan fingerprint density at radius 3 is 2.94 bits per heavy atom. The zero-order valence-electron chi connectivity index (χ0n) is 11.1. The van der Waals surface area contributed by atoms with E-state index in [0.717, 1.165) is 18.8 Å². The molecule has 1 aliphatic carbocycles. The molecule has 3 heteroatoms. The lowest BCUT2D eigenvalue weighted by Crippen LogP contribution is -2.27. The average Bonchev–Trinajstić information content (AvgIpc) is 2.83. The van der Waals surface area contributed by atoms with Gasteiger partial charge in [0.1, 0.15) is 11.6 Å². The van der Waals surface area contributed by atoms with Gasteiger partial charge in [-0.15, -0.1) is 0 Å². The van der Waals surface area contributed by atoms with Crippen molar-refractivity contribution < 1.29 is 4.79 Å². The second-order valence-corrected chi connectivity index (χ2v) is 5.71. The Labute approximate surface area is 103 Å². The van der Waals surface area contributed by atoms with E-state index in [0.29, 0.717) is 12.2 Å². The lowest BCUT2D eigenvalue weighted by molar-refractivity contribution is -0.124. The predicted octanol–water partition coefficient (Wildman–Crippen LogP) is 2.84. The molecular formula is C14H22N2O. The van der Waals surface area contributed by atoms with Crippen molar-refractivity contribution in [3.63, 3.8) is 0 Å². The Morgan fingerprint density at radius 2 is 2.35 bits per heavy atom. The molecule has 1 aliphatic rings. The molecular weight excluding hydrogens is 212 g/mol. The van der Waals surface area contributed by atoms with Crippen molar-refractivity contribution in [2.75, 3.05) is 0 Å². The van der Waals surface area contributed by atoms with E-state index in [9.17, 15) is 4.79 Å². The van der Waals surface area contributed by atoms with Crippen LogP contribution in [0.5, 0.6) is 0 Å². The molecule has 2 rings (SSSR count). The van der Waals surface area contributed by atoms with E-state index in [1.54, 1.807) is 6.20 Å². The third-order valence-electron chi connectivity index (χ3n) is 4.12. The molecule has 1 atom stereocenters. The Morgan fingerprint density at radius 1 is 1.59 bits per heavy atom. The largest absolute Gasteiger partial charge is 0.335 e. The van der Waals surface area contributed by atoms with Crippen LogP contribution in [-0.2, 0) is 17.8 Å². The Kier molecular flexibility index (Phi) is 3.36. The molecule has 0 bridgehead atoms. The van der Waals surface area contributed by atoms with Crippen LogP contribution in [0.4, 0.5) is 0 Å². The molecule has 1 unspecified atom stereocenters. The molecule has 17 heavy (non-hydrogen) atoms. The molecule has 1 heterocycles. The van der Waals surface area contributed by atoms with Crippen molar-refractivity contribution in [1.29, 1.82) is 0 Å². The number of ketones is 1. The van der Waals surface area contributed by atoms with Gasteiger partial charge in [-0.1, -0.05) is 20.3 Å². The number of imidazole rings is 1. The van der Waals surface area contributed by atoms with Crippen molar-refractivity contribution >= 4 is 5.78 Å². The first kappa shape index (κ1) is 12.3. The number of aromatic nitrogens is 2. The molecule has 0 radical (unpaired) electrons. The lowest BCUT2D eigenvalue weighted by atomic mass is 9.78. The fraction of sp³-hybridized carbons (Fsp3) is 0.714. The van der Waals surface area contributed by atoms with Gasteiger partial charge in [-0.25, -0.2) is 4.98 Å². The van der Waals surface area contributed by atoms with E-state index >= 15 is 0 Å². The van der Waals surface area contributed by atoms with Crippen LogP contribution in [0.2, 0.25) is 0 Å². The van der Waals surface area contributed by atoms with E-state index in [2.05, 4.69) is 30.3 Å². The highest BCUT2D eigenvalue weighted by Gasteiger charge is 2.39. The highest BCUT2D eigenvalue weighted by atomic mass is 16.1. The van der Waals surface area contributed by atoms with Gasteiger partial charge in [-0.3, -0.25) is 4.79 Å². The van der Waals surface area contributed by atoms with E-state index in [1.807, 2.05) is 6.20 Å². The summed E-state index contributed by atoms with van der Waals surface area (Å²) in [4.78, 5) is 16.6. The molecule has 1 aromatic rings. The number of rotatable bonds is 4. The fourth-order valence-corrected chi connectivity index (χ4v) is 3.00. The number of hydrogen-bond donors (Lipinski definition) is 0. The molecule has 1 saturated carbocycles. The quantitative estimate of drug-likeness (QED) is 0.803. The first-order valence-corrected chi connectivity index (χ1v) is 6.57. The van der Waals surface area contributed by atoms with Crippen molar-refractivity contribution in [2.24, 2.45) is 11.3 Å². The molecule has 0 aromatic carbocycles. The van der Waals surface area contributed by atoms with Crippen LogP contribution >= 0.6 is 0 Å². The zero-order chi connectivity index (χ0) is 12.5. The Hall–Kier alpha value is -1.12. The molecule has 3 nitrogen and oxygen atoms in total. The van der Waals surface area contributed by atoms with Gasteiger partial charge < -0.3 is 4.57 Å². The van der Waals surface area contributed by atoms with Crippen LogP contribution in [0, 0.1) is 11.3 Å². The maximum Gasteiger partial charge on any atom is 0.144 e. The van der Waals surface area contributed by atoms with Gasteiger partial charge in [-0.2, -0.15) is 0 Å². The summed E-state index contributed by atoms with van der Waals surface area (Å²) in [5.74, 6) is 1.51. The van der Waals surface area contributed by atoms with Crippen molar-refractivity contribution in [3.8, 4) is 0 Å². The summed E-state index contributed by atoms with van der Waals surface area (Å²) in [5, 5.41) is 0. The zero-order valence-corrected chi connectivity index (χ0v) is 11.1. The molecule has 1 aromatic heterocycles. The maximum absolute atomic E-state index is 12.3. The summed E-state index contributed by atoms with van der Waals surface area (Å²) in [5.41, 5.74) is 0.181. The molecule has 0 amide bonds. The third kappa shape index (κ3) is 2.43. The van der Waals surface area contributed by atoms with Gasteiger partial charge in [0.2, 0.25) is 0 Å². The first-order valence-electron chi connectivity index (χ1n) is 6.57. The highest BCUT2D eigenvalue weighted by Crippen LogP contribution is 2.43. The Bertz CT molecular complexity index is 406. The molecule has 1 fully saturated rings. The van der Waals surface area contributed by atoms with Gasteiger partial charge in [0.05, 0.1) is 6.42 Å². The van der Waals surface area contributed by atoms with Crippen LogP contribution in [0.1, 0.15) is 45.9 Å². The molecule has 0 aliphatic heterocycles. The summed E-state index contributed by atoms with van der Waals surface area (Å²) in [6, 6.07) is 0. The number of nitrogens with zero attached hydrogens (tertiary/aromatic N) is 2. The van der Waals surface area contributed by atoms with E-state index < -0.39 is 0 Å². The average molecular weight is 234 g/mol. The minimum Gasteiger partial charge on any atom is -0.335 e. The van der Waals surface area contributed by atoms with Gasteiger partial charge in [-0.05, 0) is 25.2 Å². The second-order valence-electron chi connectivity index (χ2n) is 5.71. The number of carbonyl (C=O) groups excluding carboxylic acids is 1. The van der Waals surface area contributed by atoms with Crippen molar-refractivity contribution in [2.45, 2.75) is 53.0 Å². The predicted molar refractivity (Wildman–Crippen MR) is 67.7 cm³/mol. The highest BCUT2D eigenvalue weighted by molar-refractivity contribution is 5.83. The van der Waals surface area contributed by atoms with Gasteiger partial charge in [0, 0.05) is 24.9 Å². The second kappa shape index (κ2) is 4.63. The SMILES string of the molecule is CCn1ccnc1CC(=O)C1CCCC1(C)C. The normalized spacial score (nSPS) is 22.9. The van der Waals surface area contributed by atoms with Gasteiger partial charge in [0.25, 0.3) is 0 Å². The maximum atomic E-state index is 12.3. The van der Waals surface area contributed by atoms with Crippen LogP contribution in [-0.4, -0.2) is 15.3 Å². The smallest absolute Gasteiger partial charge is 0.144 e. The number of Topliss-reactive ketones (excluding diaryl/α,β-unsaturated/α-hetero) is 1. The van der Waals surface area contributed by atoms with Gasteiger partial charge in [0.15, 0.2) is 0 Å². The standard InChI is InChI=1S/C14H22N2O/c1-4-16-9-8-15-13(16)10-12(17)11-6-5-7-14(11,2)3/h8-9,11H,4-7,10H2,1-3H3. The van der Waals surface area contributed by atoms with Crippen LogP contribution in [0.3, 0.4) is 0 Å². The topological polar surface area (TPSA) is 34.9 Å². The molecule has 0 saturated heterocycles. The molecule has 0 spiro atoms. The van der Waals surface area contributed by atoms with Crippen LogP contribution in [0.25, 0.3) is 0 Å². The van der Waals surface area contributed by atoms with Crippen molar-refractivity contribution in [1.82, 2.24) is 9.55 Å².